The number of nitrogens with one attached hydrogen (secondary N) is 1. The van der Waals surface area contributed by atoms with E-state index in [2.05, 4.69) is 20.4 Å². The van der Waals surface area contributed by atoms with E-state index in [-0.39, 0.29) is 0 Å². The first-order chi connectivity index (χ1) is 8.20. The maximum Gasteiger partial charge on any atom is 0.254 e. The topological polar surface area (TPSA) is 72.2 Å². The van der Waals surface area contributed by atoms with Gasteiger partial charge in [-0.25, -0.2) is 4.98 Å². The Morgan fingerprint density at radius 1 is 1.53 bits per heavy atom. The van der Waals surface area contributed by atoms with Gasteiger partial charge in [0.25, 0.3) is 5.78 Å². The molecule has 0 aliphatic carbocycles. The van der Waals surface area contributed by atoms with Crippen molar-refractivity contribution in [3.63, 3.8) is 0 Å². The summed E-state index contributed by atoms with van der Waals surface area (Å²) in [6.07, 6.45) is 1.47. The maximum atomic E-state index is 11.3. The lowest BCUT2D eigenvalue weighted by molar-refractivity contribution is 0.684. The first kappa shape index (κ1) is 12.0. The summed E-state index contributed by atoms with van der Waals surface area (Å²) in [7, 11) is -0.754. The molecule has 0 fully saturated rings. The predicted molar refractivity (Wildman–Crippen MR) is 67.6 cm³/mol. The van der Waals surface area contributed by atoms with Crippen LogP contribution in [0.1, 0.15) is 12.6 Å². The quantitative estimate of drug-likeness (QED) is 0.845. The van der Waals surface area contributed by atoms with E-state index in [1.54, 1.807) is 4.52 Å². The third kappa shape index (κ3) is 2.79. The Labute approximate surface area is 102 Å². The number of nitrogens with zero attached hydrogens (tertiary/aromatic N) is 4. The summed E-state index contributed by atoms with van der Waals surface area (Å²) in [5, 5.41) is 7.29. The second-order valence-electron chi connectivity index (χ2n) is 3.61. The van der Waals surface area contributed by atoms with E-state index in [1.165, 1.54) is 6.33 Å². The molecule has 0 saturated heterocycles. The van der Waals surface area contributed by atoms with Crippen molar-refractivity contribution in [2.75, 3.05) is 23.4 Å². The fourth-order valence-corrected chi connectivity index (χ4v) is 2.11. The minimum absolute atomic E-state index is 0.573. The molecule has 0 radical (unpaired) electrons. The van der Waals surface area contributed by atoms with Crippen LogP contribution in [-0.2, 0) is 10.8 Å². The van der Waals surface area contributed by atoms with Gasteiger partial charge < -0.3 is 5.32 Å². The van der Waals surface area contributed by atoms with Crippen LogP contribution >= 0.6 is 0 Å². The molecule has 2 heterocycles. The number of fused-ring (bicyclic) bond motifs is 1. The molecule has 0 aromatic carbocycles. The van der Waals surface area contributed by atoms with Crippen molar-refractivity contribution in [1.29, 1.82) is 0 Å². The van der Waals surface area contributed by atoms with E-state index < -0.39 is 10.8 Å². The largest absolute Gasteiger partial charge is 0.369 e. The number of anilines is 1. The fourth-order valence-electron chi connectivity index (χ4n) is 1.49. The first-order valence-corrected chi connectivity index (χ1v) is 6.95. The van der Waals surface area contributed by atoms with Gasteiger partial charge in [0, 0.05) is 40.6 Å². The van der Waals surface area contributed by atoms with E-state index in [4.69, 9.17) is 0 Å². The molecule has 0 saturated carbocycles. The van der Waals surface area contributed by atoms with E-state index >= 15 is 0 Å². The summed E-state index contributed by atoms with van der Waals surface area (Å²) in [5.41, 5.74) is 0.879. The van der Waals surface area contributed by atoms with Gasteiger partial charge in [0.15, 0.2) is 0 Å². The third-order valence-electron chi connectivity index (χ3n) is 2.34. The van der Waals surface area contributed by atoms with Crippen LogP contribution in [0.4, 0.5) is 5.82 Å². The summed E-state index contributed by atoms with van der Waals surface area (Å²) in [5.74, 6) is 2.73. The van der Waals surface area contributed by atoms with Crippen LogP contribution in [0.5, 0.6) is 0 Å². The molecule has 1 atom stereocenters. The van der Waals surface area contributed by atoms with Crippen LogP contribution < -0.4 is 5.32 Å². The van der Waals surface area contributed by atoms with Gasteiger partial charge in [0.2, 0.25) is 0 Å². The standard InChI is InChI=1S/C10H15N5OS/c1-3-17(16)5-4-11-9-6-8(2)14-10-12-7-13-15(9)10/h6-7,11H,3-5H2,1-2H3. The Morgan fingerprint density at radius 3 is 3.12 bits per heavy atom. The van der Waals surface area contributed by atoms with Crippen molar-refractivity contribution in [3.8, 4) is 0 Å². The molecule has 0 spiro atoms. The average molecular weight is 253 g/mol. The number of aryl methyl sites for hydroxylation is 1. The first-order valence-electron chi connectivity index (χ1n) is 5.47. The lowest BCUT2D eigenvalue weighted by Crippen LogP contribution is -2.14. The molecule has 92 valence electrons. The molecule has 0 aliphatic rings. The summed E-state index contributed by atoms with van der Waals surface area (Å²) in [4.78, 5) is 8.29. The normalized spacial score (nSPS) is 12.8. The number of hydrogen-bond donors (Lipinski definition) is 1. The van der Waals surface area contributed by atoms with E-state index in [9.17, 15) is 4.21 Å². The van der Waals surface area contributed by atoms with Gasteiger partial charge in [-0.15, -0.1) is 0 Å². The Morgan fingerprint density at radius 2 is 2.35 bits per heavy atom. The smallest absolute Gasteiger partial charge is 0.254 e. The van der Waals surface area contributed by atoms with Gasteiger partial charge in [-0.05, 0) is 6.92 Å². The summed E-state index contributed by atoms with van der Waals surface area (Å²) in [6, 6.07) is 1.90. The van der Waals surface area contributed by atoms with Crippen LogP contribution in [0, 0.1) is 6.92 Å². The monoisotopic (exact) mass is 253 g/mol. The molecule has 1 N–H and O–H groups in total. The molecular formula is C10H15N5OS. The molecule has 7 heteroatoms. The van der Waals surface area contributed by atoms with Crippen LogP contribution in [0.3, 0.4) is 0 Å². The lowest BCUT2D eigenvalue weighted by Gasteiger charge is -2.07. The SMILES string of the molecule is CCS(=O)CCNc1cc(C)nc2ncnn12. The average Bonchev–Trinajstić information content (AvgIpc) is 2.76. The van der Waals surface area contributed by atoms with Crippen molar-refractivity contribution < 1.29 is 4.21 Å². The van der Waals surface area contributed by atoms with Gasteiger partial charge in [-0.1, -0.05) is 6.92 Å². The second kappa shape index (κ2) is 5.22. The molecule has 17 heavy (non-hydrogen) atoms. The van der Waals surface area contributed by atoms with Crippen molar-refractivity contribution in [2.24, 2.45) is 0 Å². The van der Waals surface area contributed by atoms with Gasteiger partial charge in [-0.3, -0.25) is 4.21 Å². The molecule has 2 rings (SSSR count). The summed E-state index contributed by atoms with van der Waals surface area (Å²) in [6.45, 7) is 4.48. The molecule has 0 aliphatic heterocycles. The Bertz CT molecular complexity index is 538. The van der Waals surface area contributed by atoms with Gasteiger partial charge in [0.05, 0.1) is 0 Å². The molecule has 1 unspecified atom stereocenters. The molecule has 6 nitrogen and oxygen atoms in total. The zero-order chi connectivity index (χ0) is 12.3. The van der Waals surface area contributed by atoms with Gasteiger partial charge >= 0.3 is 0 Å². The highest BCUT2D eigenvalue weighted by Crippen LogP contribution is 2.09. The summed E-state index contributed by atoms with van der Waals surface area (Å²) < 4.78 is 12.9. The Balaban J connectivity index is 2.12. The highest BCUT2D eigenvalue weighted by Gasteiger charge is 2.05. The Kier molecular flexibility index (Phi) is 3.68. The molecule has 0 amide bonds. The zero-order valence-corrected chi connectivity index (χ0v) is 10.7. The van der Waals surface area contributed by atoms with E-state index in [0.29, 0.717) is 23.8 Å². The second-order valence-corrected chi connectivity index (χ2v) is 5.48. The third-order valence-corrected chi connectivity index (χ3v) is 3.64. The number of hydrogen-bond acceptors (Lipinski definition) is 5. The predicted octanol–water partition coefficient (Wildman–Crippen LogP) is 0.613. The minimum atomic E-state index is -0.754. The van der Waals surface area contributed by atoms with Crippen molar-refractivity contribution >= 4 is 22.4 Å². The highest BCUT2D eigenvalue weighted by molar-refractivity contribution is 7.84. The minimum Gasteiger partial charge on any atom is -0.369 e. The molecule has 0 bridgehead atoms. The van der Waals surface area contributed by atoms with Gasteiger partial charge in [0.1, 0.15) is 12.1 Å². The van der Waals surface area contributed by atoms with E-state index in [1.807, 2.05) is 19.9 Å². The molecular weight excluding hydrogens is 238 g/mol. The van der Waals surface area contributed by atoms with Crippen molar-refractivity contribution in [1.82, 2.24) is 19.6 Å². The van der Waals surface area contributed by atoms with Crippen LogP contribution in [0.2, 0.25) is 0 Å². The summed E-state index contributed by atoms with van der Waals surface area (Å²) >= 11 is 0. The van der Waals surface area contributed by atoms with Crippen LogP contribution in [-0.4, -0.2) is 41.8 Å². The van der Waals surface area contributed by atoms with Gasteiger partial charge in [-0.2, -0.15) is 14.6 Å². The molecule has 2 aromatic heterocycles. The number of aromatic nitrogens is 4. The van der Waals surface area contributed by atoms with Crippen molar-refractivity contribution in [3.05, 3.63) is 18.1 Å². The van der Waals surface area contributed by atoms with Crippen LogP contribution in [0.15, 0.2) is 12.4 Å². The molecule has 2 aromatic rings. The lowest BCUT2D eigenvalue weighted by atomic mass is 10.4. The maximum absolute atomic E-state index is 11.3. The Hall–Kier alpha value is -1.50. The number of rotatable bonds is 5. The fraction of sp³-hybridized carbons (Fsp3) is 0.500. The van der Waals surface area contributed by atoms with Crippen LogP contribution in [0.25, 0.3) is 5.78 Å². The van der Waals surface area contributed by atoms with E-state index in [0.717, 1.165) is 11.5 Å². The zero-order valence-electron chi connectivity index (χ0n) is 9.88. The highest BCUT2D eigenvalue weighted by atomic mass is 32.2. The van der Waals surface area contributed by atoms with Crippen molar-refractivity contribution in [2.45, 2.75) is 13.8 Å².